The molecule has 0 spiro atoms. The van der Waals surface area contributed by atoms with Crippen LogP contribution in [0, 0.1) is 0 Å². The number of rotatable bonds is 5. The Bertz CT molecular complexity index is 1750. The first kappa shape index (κ1) is 20.8. The average Bonchev–Trinajstić information content (AvgIpc) is 3.08. The fourth-order valence-corrected chi connectivity index (χ4v) is 4.41. The fraction of sp³-hybridized carbons (Fsp3) is 0.185. The van der Waals surface area contributed by atoms with Gasteiger partial charge in [-0.15, -0.1) is 0 Å². The zero-order valence-corrected chi connectivity index (χ0v) is 18.3. The normalized spacial score (nSPS) is 11.6. The van der Waals surface area contributed by atoms with E-state index in [4.69, 9.17) is 4.74 Å². The van der Waals surface area contributed by atoms with Crippen LogP contribution in [-0.2, 0) is 6.54 Å². The van der Waals surface area contributed by atoms with Gasteiger partial charge in [0.2, 0.25) is 0 Å². The zero-order valence-electron chi connectivity index (χ0n) is 18.3. The molecule has 0 fully saturated rings. The van der Waals surface area contributed by atoms with Crippen molar-refractivity contribution in [3.8, 4) is 16.9 Å². The molecule has 6 heteroatoms. The van der Waals surface area contributed by atoms with Gasteiger partial charge in [-0.05, 0) is 53.9 Å². The second-order valence-corrected chi connectivity index (χ2v) is 8.21. The van der Waals surface area contributed by atoms with Crippen molar-refractivity contribution in [1.29, 1.82) is 0 Å². The van der Waals surface area contributed by atoms with E-state index in [1.165, 1.54) is 16.7 Å². The Hall–Kier alpha value is -4.06. The first-order valence-electron chi connectivity index (χ1n) is 10.9. The summed E-state index contributed by atoms with van der Waals surface area (Å²) in [6.45, 7) is 2.30. The second kappa shape index (κ2) is 7.81. The van der Waals surface area contributed by atoms with E-state index in [2.05, 4.69) is 0 Å². The van der Waals surface area contributed by atoms with Gasteiger partial charge in [-0.3, -0.25) is 23.7 Å². The largest absolute Gasteiger partial charge is 0.497 e. The molecule has 4 aromatic carbocycles. The lowest BCUT2D eigenvalue weighted by Gasteiger charge is -2.06. The third kappa shape index (κ3) is 3.18. The van der Waals surface area contributed by atoms with Crippen LogP contribution in [-0.4, -0.2) is 11.7 Å². The molecule has 0 aliphatic carbocycles. The van der Waals surface area contributed by atoms with Crippen LogP contribution in [0.2, 0.25) is 0 Å². The average molecular weight is 439 g/mol. The quantitative estimate of drug-likeness (QED) is 0.390. The molecular weight excluding hydrogens is 418 g/mol. The first-order valence-corrected chi connectivity index (χ1v) is 10.9. The Morgan fingerprint density at radius 2 is 1.21 bits per heavy atom. The predicted molar refractivity (Wildman–Crippen MR) is 131 cm³/mol. The topological polar surface area (TPSA) is 82.4 Å². The lowest BCUT2D eigenvalue weighted by Crippen LogP contribution is -2.25. The van der Waals surface area contributed by atoms with Crippen LogP contribution in [0.5, 0.6) is 5.75 Å². The van der Waals surface area contributed by atoms with E-state index in [0.717, 1.165) is 23.3 Å². The molecule has 0 atom stereocenters. The van der Waals surface area contributed by atoms with Crippen LogP contribution in [0.4, 0.5) is 0 Å². The highest BCUT2D eigenvalue weighted by Gasteiger charge is 2.18. The highest BCUT2D eigenvalue weighted by Crippen LogP contribution is 2.26. The zero-order chi connectivity index (χ0) is 23.3. The number of aromatic nitrogens is 1. The minimum atomic E-state index is -0.413. The SMILES string of the molecule is CCCCn1c(=O)c2cc3c(=O)c4ccc(-c5ccc(OC)cc5)cc4c(=O)c3cc2c1=O. The van der Waals surface area contributed by atoms with Gasteiger partial charge in [-0.25, -0.2) is 0 Å². The minimum absolute atomic E-state index is 0.164. The van der Waals surface area contributed by atoms with E-state index in [1.54, 1.807) is 25.3 Å². The number of fused-ring (bicyclic) bond motifs is 3. The smallest absolute Gasteiger partial charge is 0.261 e. The van der Waals surface area contributed by atoms with Crippen LogP contribution in [0.3, 0.4) is 0 Å². The van der Waals surface area contributed by atoms with Gasteiger partial charge >= 0.3 is 0 Å². The summed E-state index contributed by atoms with van der Waals surface area (Å²) in [4.78, 5) is 52.2. The third-order valence-corrected chi connectivity index (χ3v) is 6.27. The van der Waals surface area contributed by atoms with Crippen molar-refractivity contribution in [2.24, 2.45) is 0 Å². The molecule has 5 aromatic rings. The van der Waals surface area contributed by atoms with Crippen LogP contribution in [0.15, 0.2) is 73.8 Å². The van der Waals surface area contributed by atoms with Crippen LogP contribution in [0.25, 0.3) is 43.4 Å². The number of hydrogen-bond acceptors (Lipinski definition) is 5. The number of benzene rings is 4. The monoisotopic (exact) mass is 439 g/mol. The van der Waals surface area contributed by atoms with Gasteiger partial charge in [-0.1, -0.05) is 31.5 Å². The maximum atomic E-state index is 13.4. The third-order valence-electron chi connectivity index (χ3n) is 6.27. The Labute approximate surface area is 188 Å². The second-order valence-electron chi connectivity index (χ2n) is 8.21. The van der Waals surface area contributed by atoms with Crippen LogP contribution in [0.1, 0.15) is 19.8 Å². The number of methoxy groups -OCH3 is 1. The molecule has 0 aliphatic heterocycles. The van der Waals surface area contributed by atoms with E-state index >= 15 is 0 Å². The predicted octanol–water partition coefficient (Wildman–Crippen LogP) is 3.74. The summed E-state index contributed by atoms with van der Waals surface area (Å²) in [6.07, 6.45) is 1.54. The molecule has 0 amide bonds. The van der Waals surface area contributed by atoms with Gasteiger partial charge in [0.1, 0.15) is 5.75 Å². The van der Waals surface area contributed by atoms with E-state index < -0.39 is 11.1 Å². The van der Waals surface area contributed by atoms with E-state index in [0.29, 0.717) is 23.7 Å². The minimum Gasteiger partial charge on any atom is -0.497 e. The standard InChI is InChI=1S/C27H21NO5/c1-3-4-11-28-26(31)22-13-20-21(14-23(22)27(28)32)25(30)19-12-16(7-10-18(19)24(20)29)15-5-8-17(33-2)9-6-15/h5-10,12-14H,3-4,11H2,1-2H3. The van der Waals surface area contributed by atoms with Crippen LogP contribution >= 0.6 is 0 Å². The number of hydrogen-bond donors (Lipinski definition) is 0. The maximum Gasteiger partial charge on any atom is 0.261 e. The van der Waals surface area contributed by atoms with E-state index in [-0.39, 0.29) is 32.4 Å². The van der Waals surface area contributed by atoms with E-state index in [1.807, 2.05) is 31.2 Å². The highest BCUT2D eigenvalue weighted by molar-refractivity contribution is 6.05. The Morgan fingerprint density at radius 1 is 0.667 bits per heavy atom. The molecule has 0 N–H and O–H groups in total. The summed E-state index contributed by atoms with van der Waals surface area (Å²) in [6, 6.07) is 15.4. The van der Waals surface area contributed by atoms with Gasteiger partial charge in [0.25, 0.3) is 11.1 Å². The Balaban J connectivity index is 1.79. The van der Waals surface area contributed by atoms with Crippen molar-refractivity contribution < 1.29 is 4.74 Å². The number of nitrogens with zero attached hydrogens (tertiary/aromatic N) is 1. The lowest BCUT2D eigenvalue weighted by atomic mass is 9.96. The molecule has 6 nitrogen and oxygen atoms in total. The molecule has 0 radical (unpaired) electrons. The summed E-state index contributed by atoms with van der Waals surface area (Å²) >= 11 is 0. The maximum absolute atomic E-state index is 13.4. The number of unbranched alkanes of at least 4 members (excludes halogenated alkanes) is 1. The Kier molecular flexibility index (Phi) is 4.93. The van der Waals surface area contributed by atoms with Crippen molar-refractivity contribution in [2.75, 3.05) is 7.11 Å². The molecule has 0 aliphatic rings. The fourth-order valence-electron chi connectivity index (χ4n) is 4.41. The first-order chi connectivity index (χ1) is 15.9. The summed E-state index contributed by atoms with van der Waals surface area (Å²) in [5, 5.41) is 1.29. The molecule has 5 rings (SSSR count). The molecule has 1 heterocycles. The highest BCUT2D eigenvalue weighted by atomic mass is 16.5. The van der Waals surface area contributed by atoms with Gasteiger partial charge in [0.05, 0.1) is 17.9 Å². The van der Waals surface area contributed by atoms with Gasteiger partial charge in [-0.2, -0.15) is 0 Å². The van der Waals surface area contributed by atoms with Crippen LogP contribution < -0.4 is 26.7 Å². The van der Waals surface area contributed by atoms with Crippen molar-refractivity contribution in [2.45, 2.75) is 26.3 Å². The molecule has 0 unspecified atom stereocenters. The molecule has 33 heavy (non-hydrogen) atoms. The summed E-state index contributed by atoms with van der Waals surface area (Å²) in [5.74, 6) is 0.720. The Morgan fingerprint density at radius 3 is 1.79 bits per heavy atom. The summed E-state index contributed by atoms with van der Waals surface area (Å²) < 4.78 is 6.39. The molecule has 164 valence electrons. The summed E-state index contributed by atoms with van der Waals surface area (Å²) in [7, 11) is 1.59. The van der Waals surface area contributed by atoms with Crippen molar-refractivity contribution >= 4 is 32.3 Å². The van der Waals surface area contributed by atoms with Crippen molar-refractivity contribution in [3.63, 3.8) is 0 Å². The van der Waals surface area contributed by atoms with Crippen molar-refractivity contribution in [3.05, 3.63) is 95.8 Å². The van der Waals surface area contributed by atoms with Crippen molar-refractivity contribution in [1.82, 2.24) is 4.57 Å². The molecular formula is C27H21NO5. The molecule has 0 saturated heterocycles. The number of ether oxygens (including phenoxy) is 1. The molecule has 1 aromatic heterocycles. The summed E-state index contributed by atoms with van der Waals surface area (Å²) in [5.41, 5.74) is 0.197. The van der Waals surface area contributed by atoms with E-state index in [9.17, 15) is 19.2 Å². The van der Waals surface area contributed by atoms with Gasteiger partial charge in [0, 0.05) is 28.1 Å². The van der Waals surface area contributed by atoms with Gasteiger partial charge in [0.15, 0.2) is 10.9 Å². The van der Waals surface area contributed by atoms with Gasteiger partial charge < -0.3 is 4.74 Å². The lowest BCUT2D eigenvalue weighted by molar-refractivity contribution is 0.415. The molecule has 0 bridgehead atoms. The molecule has 0 saturated carbocycles.